The molecule has 2 N–H and O–H groups in total. The Hall–Kier alpha value is -2.67. The molecule has 0 heterocycles. The maximum atomic E-state index is 11.8. The van der Waals surface area contributed by atoms with Gasteiger partial charge in [0.2, 0.25) is 0 Å². The van der Waals surface area contributed by atoms with E-state index in [4.69, 9.17) is 4.74 Å². The third kappa shape index (κ3) is 5.20. The molecule has 6 nitrogen and oxygen atoms in total. The number of ether oxygens (including phenoxy) is 1. The maximum absolute atomic E-state index is 11.8. The van der Waals surface area contributed by atoms with Gasteiger partial charge in [-0.05, 0) is 64.8 Å². The fraction of sp³-hybridized carbons (Fsp3) is 0.118. The van der Waals surface area contributed by atoms with Crippen molar-refractivity contribution in [2.75, 3.05) is 11.9 Å². The second-order valence-corrected chi connectivity index (χ2v) is 5.49. The highest BCUT2D eigenvalue weighted by atomic mass is 79.9. The molecular weight excluding hydrogens is 374 g/mol. The average Bonchev–Trinajstić information content (AvgIpc) is 2.58. The quantitative estimate of drug-likeness (QED) is 0.468. The first-order chi connectivity index (χ1) is 11.6. The normalized spacial score (nSPS) is 10.4. The Morgan fingerprint density at radius 1 is 1.12 bits per heavy atom. The molecule has 2 rings (SSSR count). The molecule has 0 aliphatic carbocycles. The molecule has 0 aliphatic heterocycles. The number of nitrogens with one attached hydrogen (secondary N) is 2. The molecule has 2 aromatic carbocycles. The molecule has 0 radical (unpaired) electrons. The van der Waals surface area contributed by atoms with Crippen molar-refractivity contribution in [1.82, 2.24) is 5.43 Å². The maximum Gasteiger partial charge on any atom is 0.329 e. The third-order valence-corrected chi connectivity index (χ3v) is 3.59. The molecule has 0 fully saturated rings. The summed E-state index contributed by atoms with van der Waals surface area (Å²) in [6.45, 7) is 2.50. The minimum Gasteiger partial charge on any atom is -0.494 e. The summed E-state index contributed by atoms with van der Waals surface area (Å²) in [6.07, 6.45) is 1.44. The Morgan fingerprint density at radius 3 is 2.50 bits per heavy atom. The zero-order valence-corrected chi connectivity index (χ0v) is 14.5. The van der Waals surface area contributed by atoms with Gasteiger partial charge >= 0.3 is 11.8 Å². The van der Waals surface area contributed by atoms with Crippen LogP contribution in [0.3, 0.4) is 0 Å². The van der Waals surface area contributed by atoms with Crippen molar-refractivity contribution in [2.24, 2.45) is 5.10 Å². The molecule has 124 valence electrons. The topological polar surface area (TPSA) is 79.8 Å². The number of hydrogen-bond donors (Lipinski definition) is 2. The molecule has 0 spiro atoms. The molecule has 0 saturated heterocycles. The first-order valence-corrected chi connectivity index (χ1v) is 8.01. The number of anilines is 1. The van der Waals surface area contributed by atoms with E-state index < -0.39 is 11.8 Å². The van der Waals surface area contributed by atoms with Crippen LogP contribution in [-0.2, 0) is 9.59 Å². The van der Waals surface area contributed by atoms with Crippen LogP contribution in [0.1, 0.15) is 12.5 Å². The highest BCUT2D eigenvalue weighted by molar-refractivity contribution is 9.10. The summed E-state index contributed by atoms with van der Waals surface area (Å²) in [7, 11) is 0. The van der Waals surface area contributed by atoms with Crippen molar-refractivity contribution in [3.8, 4) is 5.75 Å². The zero-order chi connectivity index (χ0) is 17.4. The van der Waals surface area contributed by atoms with Gasteiger partial charge in [-0.1, -0.05) is 12.1 Å². The highest BCUT2D eigenvalue weighted by Gasteiger charge is 2.13. The van der Waals surface area contributed by atoms with Gasteiger partial charge in [0.05, 0.1) is 18.5 Å². The number of hydrogen-bond acceptors (Lipinski definition) is 4. The lowest BCUT2D eigenvalue weighted by molar-refractivity contribution is -0.136. The van der Waals surface area contributed by atoms with Crippen LogP contribution in [0.15, 0.2) is 58.1 Å². The van der Waals surface area contributed by atoms with E-state index in [9.17, 15) is 9.59 Å². The molecular formula is C17H16BrN3O3. The van der Waals surface area contributed by atoms with E-state index in [1.807, 2.05) is 6.92 Å². The fourth-order valence-corrected chi connectivity index (χ4v) is 2.16. The summed E-state index contributed by atoms with van der Waals surface area (Å²) in [6, 6.07) is 14.2. The minimum atomic E-state index is -0.854. The summed E-state index contributed by atoms with van der Waals surface area (Å²) in [5.74, 6) is -0.898. The summed E-state index contributed by atoms with van der Waals surface area (Å²) in [4.78, 5) is 23.5. The summed E-state index contributed by atoms with van der Waals surface area (Å²) < 4.78 is 6.01. The number of halogens is 1. The van der Waals surface area contributed by atoms with Crippen LogP contribution >= 0.6 is 15.9 Å². The van der Waals surface area contributed by atoms with Crippen LogP contribution in [0.2, 0.25) is 0 Å². The first kappa shape index (κ1) is 17.7. The molecule has 7 heteroatoms. The van der Waals surface area contributed by atoms with Gasteiger partial charge in [0.25, 0.3) is 0 Å². The molecule has 2 aromatic rings. The minimum absolute atomic E-state index is 0.508. The molecule has 0 aliphatic rings. The first-order valence-electron chi connectivity index (χ1n) is 7.22. The zero-order valence-electron chi connectivity index (χ0n) is 13.0. The standard InChI is InChI=1S/C17H16BrN3O3/c1-2-24-13-9-7-12(8-10-13)11-19-21-17(23)16(22)20-15-6-4-3-5-14(15)18/h3-11H,2H2,1H3,(H,20,22)(H,21,23)/b19-11-. The van der Waals surface area contributed by atoms with Gasteiger partial charge in [0.15, 0.2) is 0 Å². The van der Waals surface area contributed by atoms with E-state index in [1.165, 1.54) is 6.21 Å². The molecule has 24 heavy (non-hydrogen) atoms. The Bertz CT molecular complexity index is 745. The lowest BCUT2D eigenvalue weighted by Gasteiger charge is -2.05. The van der Waals surface area contributed by atoms with Crippen molar-refractivity contribution in [3.63, 3.8) is 0 Å². The second kappa shape index (κ2) is 8.83. The lowest BCUT2D eigenvalue weighted by Crippen LogP contribution is -2.32. The Balaban J connectivity index is 1.87. The van der Waals surface area contributed by atoms with Crippen molar-refractivity contribution in [1.29, 1.82) is 0 Å². The van der Waals surface area contributed by atoms with Crippen molar-refractivity contribution >= 4 is 39.6 Å². The predicted molar refractivity (Wildman–Crippen MR) is 96.1 cm³/mol. The number of carbonyl (C=O) groups excluding carboxylic acids is 2. The number of amides is 2. The van der Waals surface area contributed by atoms with E-state index in [1.54, 1.807) is 48.5 Å². The average molecular weight is 390 g/mol. The number of para-hydroxylation sites is 1. The van der Waals surface area contributed by atoms with Crippen LogP contribution in [0.4, 0.5) is 5.69 Å². The van der Waals surface area contributed by atoms with E-state index in [2.05, 4.69) is 31.8 Å². The molecule has 0 aromatic heterocycles. The third-order valence-electron chi connectivity index (χ3n) is 2.90. The largest absolute Gasteiger partial charge is 0.494 e. The Morgan fingerprint density at radius 2 is 1.83 bits per heavy atom. The van der Waals surface area contributed by atoms with Gasteiger partial charge in [-0.2, -0.15) is 5.10 Å². The molecule has 0 bridgehead atoms. The van der Waals surface area contributed by atoms with Crippen LogP contribution in [0.25, 0.3) is 0 Å². The number of rotatable bonds is 5. The van der Waals surface area contributed by atoms with Crippen LogP contribution in [0, 0.1) is 0 Å². The Kier molecular flexibility index (Phi) is 6.51. The van der Waals surface area contributed by atoms with Gasteiger partial charge in [0.1, 0.15) is 5.75 Å². The predicted octanol–water partition coefficient (Wildman–Crippen LogP) is 2.94. The number of carbonyl (C=O) groups is 2. The summed E-state index contributed by atoms with van der Waals surface area (Å²) in [5.41, 5.74) is 3.46. The number of benzene rings is 2. The fourth-order valence-electron chi connectivity index (χ4n) is 1.77. The SMILES string of the molecule is CCOc1ccc(/C=N\NC(=O)C(=O)Nc2ccccc2Br)cc1. The van der Waals surface area contributed by atoms with Crippen LogP contribution in [-0.4, -0.2) is 24.6 Å². The van der Waals surface area contributed by atoms with Crippen molar-refractivity contribution in [2.45, 2.75) is 6.92 Å². The summed E-state index contributed by atoms with van der Waals surface area (Å²) >= 11 is 3.29. The van der Waals surface area contributed by atoms with Gasteiger partial charge in [-0.15, -0.1) is 0 Å². The smallest absolute Gasteiger partial charge is 0.329 e. The highest BCUT2D eigenvalue weighted by Crippen LogP contribution is 2.20. The number of nitrogens with zero attached hydrogens (tertiary/aromatic N) is 1. The van der Waals surface area contributed by atoms with Gasteiger partial charge in [-0.25, -0.2) is 5.43 Å². The molecule has 0 unspecified atom stereocenters. The molecule has 0 saturated carbocycles. The monoisotopic (exact) mass is 389 g/mol. The van der Waals surface area contributed by atoms with E-state index in [-0.39, 0.29) is 0 Å². The summed E-state index contributed by atoms with van der Waals surface area (Å²) in [5, 5.41) is 6.26. The van der Waals surface area contributed by atoms with Gasteiger partial charge in [0, 0.05) is 4.47 Å². The molecule has 2 amide bonds. The van der Waals surface area contributed by atoms with Gasteiger partial charge in [-0.3, -0.25) is 9.59 Å². The number of hydrazone groups is 1. The van der Waals surface area contributed by atoms with Crippen LogP contribution < -0.4 is 15.5 Å². The molecule has 0 atom stereocenters. The lowest BCUT2D eigenvalue weighted by atomic mass is 10.2. The van der Waals surface area contributed by atoms with E-state index in [0.717, 1.165) is 11.3 Å². The van der Waals surface area contributed by atoms with Crippen LogP contribution in [0.5, 0.6) is 5.75 Å². The van der Waals surface area contributed by atoms with Crippen molar-refractivity contribution < 1.29 is 14.3 Å². The van der Waals surface area contributed by atoms with Gasteiger partial charge < -0.3 is 10.1 Å². The second-order valence-electron chi connectivity index (χ2n) is 4.64. The van der Waals surface area contributed by atoms with E-state index in [0.29, 0.717) is 16.8 Å². The van der Waals surface area contributed by atoms with E-state index >= 15 is 0 Å². The Labute approximate surface area is 148 Å². The van der Waals surface area contributed by atoms with Crippen molar-refractivity contribution in [3.05, 3.63) is 58.6 Å².